The molecule has 8 heteroatoms. The number of amides is 2. The molecular formula is C20H20BrN3O2S2. The number of aromatic nitrogens is 1. The molecule has 1 atom stereocenters. The summed E-state index contributed by atoms with van der Waals surface area (Å²) in [4.78, 5) is 29.8. The van der Waals surface area contributed by atoms with Crippen molar-refractivity contribution in [1.29, 1.82) is 0 Å². The van der Waals surface area contributed by atoms with E-state index in [-0.39, 0.29) is 11.8 Å². The van der Waals surface area contributed by atoms with Crippen LogP contribution in [-0.2, 0) is 11.3 Å². The molecule has 3 rings (SSSR count). The molecule has 0 radical (unpaired) electrons. The average Bonchev–Trinajstić information content (AvgIpc) is 3.12. The number of nitrogens with zero attached hydrogens (tertiary/aromatic N) is 1. The van der Waals surface area contributed by atoms with Crippen LogP contribution in [0.2, 0.25) is 0 Å². The first kappa shape index (κ1) is 20.8. The Labute approximate surface area is 180 Å². The van der Waals surface area contributed by atoms with Crippen molar-refractivity contribution in [1.82, 2.24) is 15.6 Å². The molecule has 1 aromatic heterocycles. The average molecular weight is 478 g/mol. The number of rotatable bonds is 8. The molecule has 2 amide bonds. The highest BCUT2D eigenvalue weighted by Gasteiger charge is 2.22. The van der Waals surface area contributed by atoms with Gasteiger partial charge in [0.25, 0.3) is 5.91 Å². The van der Waals surface area contributed by atoms with Crippen LogP contribution in [0.3, 0.4) is 0 Å². The van der Waals surface area contributed by atoms with Gasteiger partial charge in [-0.05, 0) is 58.6 Å². The maximum Gasteiger partial charge on any atom is 0.253 e. The van der Waals surface area contributed by atoms with Gasteiger partial charge in [0.15, 0.2) is 0 Å². The summed E-state index contributed by atoms with van der Waals surface area (Å²) in [5.74, 6) is 0.303. The van der Waals surface area contributed by atoms with Crippen LogP contribution in [0.4, 0.5) is 0 Å². The standard InChI is InChI=1S/C20H20BrN3O2S2/c1-27-11-10-16(24-19(25)13-6-2-3-7-14(13)21)20(26)22-12-18-23-15-8-4-5-9-17(15)28-18/h2-9,16H,10-12H2,1H3,(H,22,26)(H,24,25). The van der Waals surface area contributed by atoms with Gasteiger partial charge >= 0.3 is 0 Å². The van der Waals surface area contributed by atoms with E-state index in [1.807, 2.05) is 36.6 Å². The Hall–Kier alpha value is -1.90. The van der Waals surface area contributed by atoms with Crippen LogP contribution in [0.25, 0.3) is 10.2 Å². The van der Waals surface area contributed by atoms with Crippen molar-refractivity contribution in [2.24, 2.45) is 0 Å². The molecule has 3 aromatic rings. The third-order valence-electron chi connectivity index (χ3n) is 4.10. The molecule has 0 fully saturated rings. The molecule has 0 spiro atoms. The summed E-state index contributed by atoms with van der Waals surface area (Å²) in [6.07, 6.45) is 2.54. The van der Waals surface area contributed by atoms with Gasteiger partial charge in [0, 0.05) is 4.47 Å². The molecule has 0 aliphatic rings. The van der Waals surface area contributed by atoms with Crippen LogP contribution < -0.4 is 10.6 Å². The monoisotopic (exact) mass is 477 g/mol. The van der Waals surface area contributed by atoms with Crippen LogP contribution in [0.1, 0.15) is 21.8 Å². The number of para-hydroxylation sites is 1. The largest absolute Gasteiger partial charge is 0.348 e. The Kier molecular flexibility index (Phi) is 7.47. The maximum atomic E-state index is 12.7. The van der Waals surface area contributed by atoms with E-state index in [1.165, 1.54) is 0 Å². The van der Waals surface area contributed by atoms with E-state index < -0.39 is 6.04 Å². The van der Waals surface area contributed by atoms with Crippen LogP contribution in [0.15, 0.2) is 53.0 Å². The van der Waals surface area contributed by atoms with Gasteiger partial charge in [-0.1, -0.05) is 24.3 Å². The first-order chi connectivity index (χ1) is 13.6. The molecular weight excluding hydrogens is 458 g/mol. The predicted octanol–water partition coefficient (Wildman–Crippen LogP) is 4.23. The summed E-state index contributed by atoms with van der Waals surface area (Å²) in [7, 11) is 0. The second kappa shape index (κ2) is 10.0. The molecule has 0 aliphatic carbocycles. The van der Waals surface area contributed by atoms with Gasteiger partial charge in [-0.25, -0.2) is 4.98 Å². The van der Waals surface area contributed by atoms with Crippen molar-refractivity contribution in [2.45, 2.75) is 19.0 Å². The van der Waals surface area contributed by atoms with Gasteiger partial charge < -0.3 is 10.6 Å². The van der Waals surface area contributed by atoms with E-state index in [0.29, 0.717) is 23.0 Å². The first-order valence-electron chi connectivity index (χ1n) is 8.75. The number of thioether (sulfide) groups is 1. The Morgan fingerprint density at radius 3 is 2.68 bits per heavy atom. The molecule has 0 saturated carbocycles. The molecule has 146 valence electrons. The summed E-state index contributed by atoms with van der Waals surface area (Å²) in [5.41, 5.74) is 1.44. The molecule has 0 bridgehead atoms. The predicted molar refractivity (Wildman–Crippen MR) is 120 cm³/mol. The van der Waals surface area contributed by atoms with Gasteiger partial charge in [0.1, 0.15) is 11.0 Å². The zero-order valence-electron chi connectivity index (χ0n) is 15.3. The van der Waals surface area contributed by atoms with Gasteiger partial charge in [0.05, 0.1) is 22.3 Å². The number of halogens is 1. The van der Waals surface area contributed by atoms with Crippen molar-refractivity contribution in [3.63, 3.8) is 0 Å². The molecule has 2 N–H and O–H groups in total. The summed E-state index contributed by atoms with van der Waals surface area (Å²) in [6, 6.07) is 14.5. The number of benzene rings is 2. The van der Waals surface area contributed by atoms with Crippen molar-refractivity contribution in [2.75, 3.05) is 12.0 Å². The minimum Gasteiger partial charge on any atom is -0.348 e. The van der Waals surface area contributed by atoms with E-state index in [0.717, 1.165) is 21.0 Å². The zero-order valence-corrected chi connectivity index (χ0v) is 18.5. The van der Waals surface area contributed by atoms with Crippen LogP contribution >= 0.6 is 39.0 Å². The van der Waals surface area contributed by atoms with Crippen LogP contribution in [0.5, 0.6) is 0 Å². The Morgan fingerprint density at radius 1 is 1.18 bits per heavy atom. The lowest BCUT2D eigenvalue weighted by molar-refractivity contribution is -0.123. The number of carbonyl (C=O) groups is 2. The van der Waals surface area contributed by atoms with E-state index in [1.54, 1.807) is 41.3 Å². The molecule has 1 unspecified atom stereocenters. The van der Waals surface area contributed by atoms with E-state index in [9.17, 15) is 9.59 Å². The third-order valence-corrected chi connectivity index (χ3v) is 6.47. The van der Waals surface area contributed by atoms with Crippen molar-refractivity contribution in [3.8, 4) is 0 Å². The summed E-state index contributed by atoms with van der Waals surface area (Å²) in [6.45, 7) is 0.346. The molecule has 2 aromatic carbocycles. The summed E-state index contributed by atoms with van der Waals surface area (Å²) >= 11 is 6.58. The van der Waals surface area contributed by atoms with Crippen LogP contribution in [-0.4, -0.2) is 34.8 Å². The molecule has 5 nitrogen and oxygen atoms in total. The highest BCUT2D eigenvalue weighted by molar-refractivity contribution is 9.10. The summed E-state index contributed by atoms with van der Waals surface area (Å²) < 4.78 is 1.79. The molecule has 1 heterocycles. The second-order valence-electron chi connectivity index (χ2n) is 6.08. The van der Waals surface area contributed by atoms with E-state index >= 15 is 0 Å². The lowest BCUT2D eigenvalue weighted by atomic mass is 10.1. The fourth-order valence-electron chi connectivity index (χ4n) is 2.67. The normalized spacial score (nSPS) is 11.9. The fraction of sp³-hybridized carbons (Fsp3) is 0.250. The Bertz CT molecular complexity index is 944. The Balaban J connectivity index is 1.65. The SMILES string of the molecule is CSCCC(NC(=O)c1ccccc1Br)C(=O)NCc1nc2ccccc2s1. The van der Waals surface area contributed by atoms with Gasteiger partial charge in [0.2, 0.25) is 5.91 Å². The van der Waals surface area contributed by atoms with E-state index in [4.69, 9.17) is 0 Å². The minimum absolute atomic E-state index is 0.200. The zero-order chi connectivity index (χ0) is 19.9. The second-order valence-corrected chi connectivity index (χ2v) is 9.04. The highest BCUT2D eigenvalue weighted by Crippen LogP contribution is 2.21. The lowest BCUT2D eigenvalue weighted by Crippen LogP contribution is -2.47. The highest BCUT2D eigenvalue weighted by atomic mass is 79.9. The molecule has 0 saturated heterocycles. The van der Waals surface area contributed by atoms with E-state index in [2.05, 4.69) is 31.5 Å². The van der Waals surface area contributed by atoms with Crippen molar-refractivity contribution < 1.29 is 9.59 Å². The van der Waals surface area contributed by atoms with Crippen molar-refractivity contribution >= 4 is 61.1 Å². The lowest BCUT2D eigenvalue weighted by Gasteiger charge is -2.18. The molecule has 0 aliphatic heterocycles. The number of fused-ring (bicyclic) bond motifs is 1. The minimum atomic E-state index is -0.596. The summed E-state index contributed by atoms with van der Waals surface area (Å²) in [5, 5.41) is 6.62. The molecule has 28 heavy (non-hydrogen) atoms. The number of hydrogen-bond acceptors (Lipinski definition) is 5. The number of nitrogens with one attached hydrogen (secondary N) is 2. The van der Waals surface area contributed by atoms with Gasteiger partial charge in [-0.3, -0.25) is 9.59 Å². The smallest absolute Gasteiger partial charge is 0.253 e. The quantitative estimate of drug-likeness (QED) is 0.509. The van der Waals surface area contributed by atoms with Gasteiger partial charge in [-0.15, -0.1) is 11.3 Å². The third kappa shape index (κ3) is 5.33. The van der Waals surface area contributed by atoms with Crippen LogP contribution in [0, 0.1) is 0 Å². The Morgan fingerprint density at radius 2 is 1.93 bits per heavy atom. The number of thiazole rings is 1. The van der Waals surface area contributed by atoms with Crippen molar-refractivity contribution in [3.05, 3.63) is 63.6 Å². The maximum absolute atomic E-state index is 12.7. The fourth-order valence-corrected chi connectivity index (χ4v) is 4.51. The van der Waals surface area contributed by atoms with Gasteiger partial charge in [-0.2, -0.15) is 11.8 Å². The topological polar surface area (TPSA) is 71.1 Å². The first-order valence-corrected chi connectivity index (χ1v) is 11.8. The number of carbonyl (C=O) groups excluding carboxylic acids is 2. The number of hydrogen-bond donors (Lipinski definition) is 2.